The van der Waals surface area contributed by atoms with E-state index in [0.29, 0.717) is 12.6 Å². The number of carbonyl (C=O) groups is 1. The van der Waals surface area contributed by atoms with Gasteiger partial charge < -0.3 is 15.0 Å². The number of rotatable bonds is 6. The van der Waals surface area contributed by atoms with E-state index < -0.39 is 0 Å². The molecule has 26 heavy (non-hydrogen) atoms. The molecule has 1 N–H and O–H groups in total. The van der Waals surface area contributed by atoms with E-state index in [1.165, 1.54) is 5.56 Å². The van der Waals surface area contributed by atoms with Crippen LogP contribution >= 0.6 is 0 Å². The number of aromatic nitrogens is 1. The van der Waals surface area contributed by atoms with Gasteiger partial charge in [0.15, 0.2) is 0 Å². The zero-order valence-corrected chi connectivity index (χ0v) is 16.1. The van der Waals surface area contributed by atoms with Gasteiger partial charge in [-0.3, -0.25) is 14.7 Å². The Kier molecular flexibility index (Phi) is 7.00. The van der Waals surface area contributed by atoms with Gasteiger partial charge in [0.05, 0.1) is 19.3 Å². The van der Waals surface area contributed by atoms with Crippen LogP contribution in [0.2, 0.25) is 0 Å². The highest BCUT2D eigenvalue weighted by molar-refractivity contribution is 5.78. The molecule has 0 saturated carbocycles. The molecule has 0 aromatic carbocycles. The number of likely N-dealkylation sites (tertiary alicyclic amines) is 1. The summed E-state index contributed by atoms with van der Waals surface area (Å²) in [6.45, 7) is 10.4. The van der Waals surface area contributed by atoms with Crippen molar-refractivity contribution in [2.24, 2.45) is 5.92 Å². The quantitative estimate of drug-likeness (QED) is 0.837. The molecule has 0 spiro atoms. The van der Waals surface area contributed by atoms with Gasteiger partial charge in [0, 0.05) is 44.0 Å². The fraction of sp³-hybridized carbons (Fsp3) is 0.700. The van der Waals surface area contributed by atoms with Gasteiger partial charge in [0.2, 0.25) is 5.91 Å². The van der Waals surface area contributed by atoms with Gasteiger partial charge in [-0.15, -0.1) is 0 Å². The number of nitrogens with zero attached hydrogens (tertiary/aromatic N) is 3. The summed E-state index contributed by atoms with van der Waals surface area (Å²) in [5.74, 6) is 0.355. The molecule has 1 atom stereocenters. The Hall–Kier alpha value is -1.50. The van der Waals surface area contributed by atoms with E-state index in [1.54, 1.807) is 0 Å². The summed E-state index contributed by atoms with van der Waals surface area (Å²) in [5, 5.41) is 3.23. The van der Waals surface area contributed by atoms with Crippen molar-refractivity contribution in [2.75, 3.05) is 45.9 Å². The molecular weight excluding hydrogens is 328 g/mol. The molecule has 2 aliphatic rings. The fourth-order valence-corrected chi connectivity index (χ4v) is 3.95. The summed E-state index contributed by atoms with van der Waals surface area (Å²) in [6.07, 6.45) is 5.57. The first kappa shape index (κ1) is 19.3. The van der Waals surface area contributed by atoms with Crippen LogP contribution in [0.5, 0.6) is 0 Å². The summed E-state index contributed by atoms with van der Waals surface area (Å²) in [7, 11) is 0. The standard InChI is InChI=1S/C20H32N4O2/c1-16(2)23-9-5-18(6-10-23)20(25)22-15-19(17-3-7-21-8-4-17)24-11-13-26-14-12-24/h3-4,7-8,16,18-19H,5-6,9-15H2,1-2H3,(H,22,25). The lowest BCUT2D eigenvalue weighted by Crippen LogP contribution is -2.46. The number of nitrogens with one attached hydrogen (secondary N) is 1. The summed E-state index contributed by atoms with van der Waals surface area (Å²) in [4.78, 5) is 21.7. The third-order valence-corrected chi connectivity index (χ3v) is 5.68. The Bertz CT molecular complexity index is 552. The SMILES string of the molecule is CC(C)N1CCC(C(=O)NCC(c2ccncc2)N2CCOCC2)CC1. The summed E-state index contributed by atoms with van der Waals surface area (Å²) < 4.78 is 5.49. The fourth-order valence-electron chi connectivity index (χ4n) is 3.95. The molecule has 3 rings (SSSR count). The molecule has 144 valence electrons. The van der Waals surface area contributed by atoms with Crippen LogP contribution in [0.25, 0.3) is 0 Å². The summed E-state index contributed by atoms with van der Waals surface area (Å²) in [5.41, 5.74) is 1.21. The van der Waals surface area contributed by atoms with Crippen LogP contribution in [-0.2, 0) is 9.53 Å². The second-order valence-corrected chi connectivity index (χ2v) is 7.59. The van der Waals surface area contributed by atoms with Gasteiger partial charge in [0.1, 0.15) is 0 Å². The maximum atomic E-state index is 12.7. The molecule has 0 aliphatic carbocycles. The van der Waals surface area contributed by atoms with E-state index in [9.17, 15) is 4.79 Å². The molecule has 2 saturated heterocycles. The number of hydrogen-bond acceptors (Lipinski definition) is 5. The second-order valence-electron chi connectivity index (χ2n) is 7.59. The van der Waals surface area contributed by atoms with Gasteiger partial charge >= 0.3 is 0 Å². The number of piperidine rings is 1. The molecule has 1 aromatic rings. The predicted octanol–water partition coefficient (Wildman–Crippen LogP) is 1.69. The number of pyridine rings is 1. The monoisotopic (exact) mass is 360 g/mol. The minimum atomic E-state index is 0.146. The predicted molar refractivity (Wildman–Crippen MR) is 102 cm³/mol. The molecule has 0 bridgehead atoms. The van der Waals surface area contributed by atoms with Crippen molar-refractivity contribution in [1.29, 1.82) is 0 Å². The van der Waals surface area contributed by atoms with E-state index in [4.69, 9.17) is 4.74 Å². The first-order valence-electron chi connectivity index (χ1n) is 9.88. The van der Waals surface area contributed by atoms with Gasteiger partial charge in [0.25, 0.3) is 0 Å². The maximum Gasteiger partial charge on any atom is 0.223 e. The Morgan fingerprint density at radius 1 is 1.15 bits per heavy atom. The Balaban J connectivity index is 1.56. The molecule has 6 nitrogen and oxygen atoms in total. The minimum absolute atomic E-state index is 0.146. The lowest BCUT2D eigenvalue weighted by molar-refractivity contribution is -0.127. The molecule has 1 amide bonds. The van der Waals surface area contributed by atoms with Crippen LogP contribution < -0.4 is 5.32 Å². The average Bonchev–Trinajstić information content (AvgIpc) is 2.69. The molecule has 1 aromatic heterocycles. The highest BCUT2D eigenvalue weighted by atomic mass is 16.5. The van der Waals surface area contributed by atoms with E-state index in [1.807, 2.05) is 24.5 Å². The van der Waals surface area contributed by atoms with E-state index in [2.05, 4.69) is 33.9 Å². The number of hydrogen-bond donors (Lipinski definition) is 1. The third-order valence-electron chi connectivity index (χ3n) is 5.68. The van der Waals surface area contributed by atoms with Gasteiger partial charge in [-0.1, -0.05) is 0 Å². The lowest BCUT2D eigenvalue weighted by atomic mass is 9.95. The molecule has 0 radical (unpaired) electrons. The summed E-state index contributed by atoms with van der Waals surface area (Å²) in [6, 6.07) is 4.85. The van der Waals surface area contributed by atoms with E-state index >= 15 is 0 Å². The van der Waals surface area contributed by atoms with Crippen molar-refractivity contribution < 1.29 is 9.53 Å². The number of morpholine rings is 1. The normalized spacial score (nSPS) is 21.7. The molecule has 3 heterocycles. The van der Waals surface area contributed by atoms with Crippen LogP contribution in [0.1, 0.15) is 38.3 Å². The van der Waals surface area contributed by atoms with Crippen molar-refractivity contribution in [1.82, 2.24) is 20.1 Å². The van der Waals surface area contributed by atoms with Crippen LogP contribution in [0, 0.1) is 5.92 Å². The number of amides is 1. The van der Waals surface area contributed by atoms with Gasteiger partial charge in [-0.2, -0.15) is 0 Å². The number of ether oxygens (including phenoxy) is 1. The second kappa shape index (κ2) is 9.44. The van der Waals surface area contributed by atoms with Crippen molar-refractivity contribution in [2.45, 2.75) is 38.8 Å². The van der Waals surface area contributed by atoms with Crippen molar-refractivity contribution >= 4 is 5.91 Å². The lowest BCUT2D eigenvalue weighted by Gasteiger charge is -2.36. The summed E-state index contributed by atoms with van der Waals surface area (Å²) >= 11 is 0. The first-order valence-corrected chi connectivity index (χ1v) is 9.88. The highest BCUT2D eigenvalue weighted by Crippen LogP contribution is 2.22. The Morgan fingerprint density at radius 3 is 2.42 bits per heavy atom. The van der Waals surface area contributed by atoms with Crippen LogP contribution in [0.3, 0.4) is 0 Å². The first-order chi connectivity index (χ1) is 12.6. The third kappa shape index (κ3) is 5.02. The smallest absolute Gasteiger partial charge is 0.223 e. The molecular formula is C20H32N4O2. The molecule has 2 aliphatic heterocycles. The highest BCUT2D eigenvalue weighted by Gasteiger charge is 2.28. The maximum absolute atomic E-state index is 12.7. The van der Waals surface area contributed by atoms with Gasteiger partial charge in [-0.25, -0.2) is 0 Å². The topological polar surface area (TPSA) is 57.7 Å². The Morgan fingerprint density at radius 2 is 1.81 bits per heavy atom. The minimum Gasteiger partial charge on any atom is -0.379 e. The average molecular weight is 361 g/mol. The van der Waals surface area contributed by atoms with E-state index in [-0.39, 0.29) is 17.9 Å². The van der Waals surface area contributed by atoms with Crippen LogP contribution in [0.4, 0.5) is 0 Å². The number of carbonyl (C=O) groups excluding carboxylic acids is 1. The zero-order chi connectivity index (χ0) is 18.4. The Labute approximate surface area is 156 Å². The molecule has 2 fully saturated rings. The van der Waals surface area contributed by atoms with Crippen molar-refractivity contribution in [3.05, 3.63) is 30.1 Å². The zero-order valence-electron chi connectivity index (χ0n) is 16.1. The van der Waals surface area contributed by atoms with Crippen molar-refractivity contribution in [3.63, 3.8) is 0 Å². The molecule has 1 unspecified atom stereocenters. The van der Waals surface area contributed by atoms with Crippen LogP contribution in [-0.4, -0.2) is 72.7 Å². The van der Waals surface area contributed by atoms with Gasteiger partial charge in [-0.05, 0) is 57.5 Å². The molecule has 6 heteroatoms. The van der Waals surface area contributed by atoms with Crippen molar-refractivity contribution in [3.8, 4) is 0 Å². The van der Waals surface area contributed by atoms with E-state index in [0.717, 1.165) is 52.2 Å². The largest absolute Gasteiger partial charge is 0.379 e. The van der Waals surface area contributed by atoms with Crippen LogP contribution in [0.15, 0.2) is 24.5 Å².